The molecule has 3 saturated heterocycles. The molecule has 3 aliphatic heterocycles. The summed E-state index contributed by atoms with van der Waals surface area (Å²) in [6.45, 7) is 6.45. The van der Waals surface area contributed by atoms with Gasteiger partial charge in [0, 0.05) is 36.4 Å². The van der Waals surface area contributed by atoms with E-state index in [0.717, 1.165) is 18.8 Å². The highest BCUT2D eigenvalue weighted by atomic mass is 16.2. The normalized spacial score (nSPS) is 21.7. The van der Waals surface area contributed by atoms with E-state index in [1.54, 1.807) is 46.2 Å². The van der Waals surface area contributed by atoms with Crippen LogP contribution in [-0.4, -0.2) is 77.6 Å². The van der Waals surface area contributed by atoms with Crippen molar-refractivity contribution < 1.29 is 19.2 Å². The summed E-state index contributed by atoms with van der Waals surface area (Å²) in [6, 6.07) is 14.7. The van der Waals surface area contributed by atoms with E-state index in [4.69, 9.17) is 0 Å². The van der Waals surface area contributed by atoms with Gasteiger partial charge in [-0.1, -0.05) is 32.0 Å². The van der Waals surface area contributed by atoms with Gasteiger partial charge in [0.25, 0.3) is 11.8 Å². The summed E-state index contributed by atoms with van der Waals surface area (Å²) < 4.78 is 0. The fraction of sp³-hybridized carbons (Fsp3) is 0.467. The summed E-state index contributed by atoms with van der Waals surface area (Å²) in [5, 5.41) is 2.95. The van der Waals surface area contributed by atoms with Gasteiger partial charge in [-0.3, -0.25) is 19.2 Å². The molecule has 38 heavy (non-hydrogen) atoms. The van der Waals surface area contributed by atoms with Gasteiger partial charge in [-0.2, -0.15) is 0 Å². The molecule has 1 unspecified atom stereocenters. The van der Waals surface area contributed by atoms with E-state index in [0.29, 0.717) is 30.5 Å². The zero-order valence-corrected chi connectivity index (χ0v) is 22.1. The molecule has 3 heterocycles. The minimum absolute atomic E-state index is 0.00257. The number of carbonyl (C=O) groups excluding carboxylic acids is 4. The van der Waals surface area contributed by atoms with Gasteiger partial charge in [-0.25, -0.2) is 0 Å². The molecule has 5 rings (SSSR count). The van der Waals surface area contributed by atoms with Crippen molar-refractivity contribution in [3.8, 4) is 0 Å². The molecule has 2 aromatic carbocycles. The van der Waals surface area contributed by atoms with E-state index >= 15 is 0 Å². The molecule has 0 spiro atoms. The molecule has 0 aliphatic carbocycles. The molecule has 8 nitrogen and oxygen atoms in total. The molecular formula is C30H36N4O4. The van der Waals surface area contributed by atoms with Crippen LogP contribution in [0.15, 0.2) is 54.6 Å². The van der Waals surface area contributed by atoms with Crippen LogP contribution >= 0.6 is 0 Å². The molecule has 0 bridgehead atoms. The minimum atomic E-state index is -0.744. The SMILES string of the molecule is CC(C)CC(NC(=O)c1ccc(N2CCCC2)cc1)C(=O)N1CC[C@@H]2[C@H]1C(=O)CN2C(=O)c1ccccc1. The van der Waals surface area contributed by atoms with Crippen molar-refractivity contribution in [2.24, 2.45) is 5.92 Å². The number of anilines is 1. The van der Waals surface area contributed by atoms with Crippen LogP contribution in [0.4, 0.5) is 5.69 Å². The van der Waals surface area contributed by atoms with Crippen molar-refractivity contribution in [3.05, 3.63) is 65.7 Å². The number of nitrogens with one attached hydrogen (secondary N) is 1. The molecule has 8 heteroatoms. The summed E-state index contributed by atoms with van der Waals surface area (Å²) in [6.07, 6.45) is 3.37. The van der Waals surface area contributed by atoms with E-state index < -0.39 is 12.1 Å². The third-order valence-corrected chi connectivity index (χ3v) is 7.90. The van der Waals surface area contributed by atoms with Gasteiger partial charge in [0.05, 0.1) is 12.6 Å². The predicted octanol–water partition coefficient (Wildman–Crippen LogP) is 3.13. The summed E-state index contributed by atoms with van der Waals surface area (Å²) in [7, 11) is 0. The highest BCUT2D eigenvalue weighted by Gasteiger charge is 2.52. The molecule has 3 fully saturated rings. The highest BCUT2D eigenvalue weighted by Crippen LogP contribution is 2.32. The van der Waals surface area contributed by atoms with Crippen LogP contribution in [0, 0.1) is 5.92 Å². The summed E-state index contributed by atoms with van der Waals surface area (Å²) in [5.74, 6) is -0.708. The van der Waals surface area contributed by atoms with Gasteiger partial charge in [-0.05, 0) is 68.0 Å². The van der Waals surface area contributed by atoms with Crippen LogP contribution < -0.4 is 10.2 Å². The second-order valence-electron chi connectivity index (χ2n) is 11.0. The largest absolute Gasteiger partial charge is 0.372 e. The molecule has 2 aromatic rings. The Balaban J connectivity index is 1.29. The molecule has 1 N–H and O–H groups in total. The van der Waals surface area contributed by atoms with Gasteiger partial charge in [0.2, 0.25) is 5.91 Å². The fourth-order valence-corrected chi connectivity index (χ4v) is 6.02. The van der Waals surface area contributed by atoms with Crippen molar-refractivity contribution in [3.63, 3.8) is 0 Å². The van der Waals surface area contributed by atoms with Gasteiger partial charge < -0.3 is 20.0 Å². The van der Waals surface area contributed by atoms with Crippen molar-refractivity contribution in [2.75, 3.05) is 31.1 Å². The second kappa shape index (κ2) is 11.0. The number of nitrogens with zero attached hydrogens (tertiary/aromatic N) is 3. The van der Waals surface area contributed by atoms with Crippen LogP contribution in [-0.2, 0) is 9.59 Å². The number of hydrogen-bond donors (Lipinski definition) is 1. The summed E-state index contributed by atoms with van der Waals surface area (Å²) >= 11 is 0. The van der Waals surface area contributed by atoms with E-state index in [2.05, 4.69) is 10.2 Å². The number of rotatable bonds is 7. The number of hydrogen-bond acceptors (Lipinski definition) is 5. The Bertz CT molecular complexity index is 1190. The number of amides is 3. The lowest BCUT2D eigenvalue weighted by molar-refractivity contribution is -0.138. The lowest BCUT2D eigenvalue weighted by Gasteiger charge is -2.29. The molecule has 3 atom stereocenters. The van der Waals surface area contributed by atoms with Crippen molar-refractivity contribution in [1.82, 2.24) is 15.1 Å². The summed E-state index contributed by atoms with van der Waals surface area (Å²) in [4.78, 5) is 58.6. The molecule has 3 amide bonds. The average Bonchev–Trinajstić information content (AvgIpc) is 3.67. The maximum absolute atomic E-state index is 13.8. The van der Waals surface area contributed by atoms with Crippen molar-refractivity contribution in [2.45, 2.75) is 57.7 Å². The maximum Gasteiger partial charge on any atom is 0.254 e. The van der Waals surface area contributed by atoms with E-state index in [-0.39, 0.29) is 42.0 Å². The number of benzene rings is 2. The lowest BCUT2D eigenvalue weighted by Crippen LogP contribution is -2.53. The molecular weight excluding hydrogens is 480 g/mol. The Morgan fingerprint density at radius 2 is 1.58 bits per heavy atom. The zero-order valence-electron chi connectivity index (χ0n) is 22.1. The number of ketones is 1. The molecule has 3 aliphatic rings. The molecule has 0 radical (unpaired) electrons. The summed E-state index contributed by atoms with van der Waals surface area (Å²) in [5.41, 5.74) is 2.14. The van der Waals surface area contributed by atoms with Crippen LogP contribution in [0.1, 0.15) is 60.2 Å². The first-order valence-electron chi connectivity index (χ1n) is 13.7. The second-order valence-corrected chi connectivity index (χ2v) is 11.0. The predicted molar refractivity (Wildman–Crippen MR) is 145 cm³/mol. The first kappa shape index (κ1) is 25.9. The van der Waals surface area contributed by atoms with E-state index in [9.17, 15) is 19.2 Å². The Morgan fingerprint density at radius 3 is 2.24 bits per heavy atom. The lowest BCUT2D eigenvalue weighted by atomic mass is 10.0. The number of fused-ring (bicyclic) bond motifs is 1. The van der Waals surface area contributed by atoms with Gasteiger partial charge >= 0.3 is 0 Å². The van der Waals surface area contributed by atoms with Crippen LogP contribution in [0.5, 0.6) is 0 Å². The standard InChI is InChI=1S/C30H36N4O4/c1-20(2)18-24(31-28(36)21-10-12-23(13-11-21)32-15-6-7-16-32)30(38)33-17-14-25-27(33)26(35)19-34(25)29(37)22-8-4-3-5-9-22/h3-5,8-13,20,24-25,27H,6-7,14-19H2,1-2H3,(H,31,36)/t24?,25-,27+/m1/s1. The van der Waals surface area contributed by atoms with Crippen LogP contribution in [0.25, 0.3) is 0 Å². The van der Waals surface area contributed by atoms with Crippen molar-refractivity contribution in [1.29, 1.82) is 0 Å². The molecule has 0 aromatic heterocycles. The first-order valence-corrected chi connectivity index (χ1v) is 13.7. The van der Waals surface area contributed by atoms with Gasteiger partial charge in [0.15, 0.2) is 5.78 Å². The van der Waals surface area contributed by atoms with Crippen LogP contribution in [0.2, 0.25) is 0 Å². The molecule has 0 saturated carbocycles. The maximum atomic E-state index is 13.8. The Hall–Kier alpha value is -3.68. The first-order chi connectivity index (χ1) is 18.3. The zero-order chi connectivity index (χ0) is 26.8. The van der Waals surface area contributed by atoms with E-state index in [1.807, 2.05) is 32.0 Å². The monoisotopic (exact) mass is 516 g/mol. The Kier molecular flexibility index (Phi) is 7.49. The molecule has 200 valence electrons. The number of likely N-dealkylation sites (tertiary alicyclic amines) is 2. The van der Waals surface area contributed by atoms with Crippen LogP contribution in [0.3, 0.4) is 0 Å². The quantitative estimate of drug-likeness (QED) is 0.611. The third-order valence-electron chi connectivity index (χ3n) is 7.90. The Labute approximate surface area is 224 Å². The number of Topliss-reactive ketones (excluding diaryl/α,β-unsaturated/α-hetero) is 1. The highest BCUT2D eigenvalue weighted by molar-refractivity contribution is 6.03. The van der Waals surface area contributed by atoms with Gasteiger partial charge in [0.1, 0.15) is 12.1 Å². The number of carbonyl (C=O) groups is 4. The third kappa shape index (κ3) is 5.17. The topological polar surface area (TPSA) is 90.0 Å². The average molecular weight is 517 g/mol. The smallest absolute Gasteiger partial charge is 0.254 e. The minimum Gasteiger partial charge on any atom is -0.372 e. The fourth-order valence-electron chi connectivity index (χ4n) is 6.02. The van der Waals surface area contributed by atoms with Crippen molar-refractivity contribution >= 4 is 29.2 Å². The van der Waals surface area contributed by atoms with Gasteiger partial charge in [-0.15, -0.1) is 0 Å². The Morgan fingerprint density at radius 1 is 0.895 bits per heavy atom. The van der Waals surface area contributed by atoms with E-state index in [1.165, 1.54) is 12.8 Å².